The predicted molar refractivity (Wildman–Crippen MR) is 103 cm³/mol. The number of aromatic amines is 2. The molecule has 1 aliphatic carbocycles. The van der Waals surface area contributed by atoms with E-state index in [2.05, 4.69) is 25.6 Å². The zero-order valence-corrected chi connectivity index (χ0v) is 14.8. The summed E-state index contributed by atoms with van der Waals surface area (Å²) in [6, 6.07) is 7.96. The summed E-state index contributed by atoms with van der Waals surface area (Å²) >= 11 is 6.44. The number of imidazole rings is 1. The van der Waals surface area contributed by atoms with Gasteiger partial charge in [-0.05, 0) is 36.5 Å². The number of nitrogens with one attached hydrogen (secondary N) is 2. The zero-order valence-electron chi connectivity index (χ0n) is 14.0. The number of rotatable bonds is 2. The molecule has 1 aromatic carbocycles. The molecule has 4 aromatic rings. The van der Waals surface area contributed by atoms with Gasteiger partial charge in [-0.2, -0.15) is 0 Å². The highest BCUT2D eigenvalue weighted by Gasteiger charge is 2.25. The fourth-order valence-electron chi connectivity index (χ4n) is 4.08. The molecule has 0 aliphatic heterocycles. The Kier molecular flexibility index (Phi) is 3.50. The molecule has 5 nitrogen and oxygen atoms in total. The van der Waals surface area contributed by atoms with Crippen LogP contribution >= 0.6 is 11.6 Å². The third-order valence-corrected chi connectivity index (χ3v) is 5.64. The first-order valence-corrected chi connectivity index (χ1v) is 9.09. The van der Waals surface area contributed by atoms with Crippen molar-refractivity contribution in [1.29, 1.82) is 0 Å². The number of halogens is 1. The maximum atomic E-state index is 11.8. The van der Waals surface area contributed by atoms with Crippen molar-refractivity contribution in [3.63, 3.8) is 0 Å². The molecular formula is C20H17ClN4O. The Hall–Kier alpha value is -2.79. The normalized spacial score (nSPS) is 16.7. The van der Waals surface area contributed by atoms with Crippen LogP contribution in [-0.2, 0) is 6.42 Å². The Morgan fingerprint density at radius 3 is 3.08 bits per heavy atom. The second kappa shape index (κ2) is 5.88. The molecule has 0 bridgehead atoms. The second-order valence-electron chi connectivity index (χ2n) is 6.73. The Morgan fingerprint density at radius 2 is 2.15 bits per heavy atom. The number of H-pyrrole nitrogens is 2. The van der Waals surface area contributed by atoms with Crippen molar-refractivity contribution in [2.45, 2.75) is 25.3 Å². The summed E-state index contributed by atoms with van der Waals surface area (Å²) in [5.41, 5.74) is 5.28. The highest BCUT2D eigenvalue weighted by molar-refractivity contribution is 6.31. The van der Waals surface area contributed by atoms with E-state index in [4.69, 9.17) is 11.6 Å². The van der Waals surface area contributed by atoms with Gasteiger partial charge in [0.2, 0.25) is 5.56 Å². The van der Waals surface area contributed by atoms with Gasteiger partial charge < -0.3 is 14.5 Å². The Bertz CT molecular complexity index is 1170. The first kappa shape index (κ1) is 15.5. The fourth-order valence-corrected chi connectivity index (χ4v) is 4.36. The van der Waals surface area contributed by atoms with Crippen LogP contribution < -0.4 is 5.56 Å². The average molecular weight is 365 g/mol. The SMILES string of the molecule is O=c1cc2c(-c3cncn3C3CCCc4c(Cl)cccc43)c[nH]c2c[nH]1. The molecule has 130 valence electrons. The molecular weight excluding hydrogens is 348 g/mol. The minimum atomic E-state index is -0.112. The monoisotopic (exact) mass is 364 g/mol. The third kappa shape index (κ3) is 2.31. The van der Waals surface area contributed by atoms with E-state index >= 15 is 0 Å². The van der Waals surface area contributed by atoms with E-state index in [1.165, 1.54) is 11.1 Å². The number of aromatic nitrogens is 4. The molecule has 26 heavy (non-hydrogen) atoms. The van der Waals surface area contributed by atoms with E-state index in [1.54, 1.807) is 12.3 Å². The lowest BCUT2D eigenvalue weighted by Crippen LogP contribution is -2.17. The standard InChI is InChI=1S/C20H17ClN4O/c21-16-5-1-4-13-12(16)3-2-6-18(13)25-11-22-10-19(25)15-8-23-17-9-24-20(26)7-14(15)17/h1,4-5,7-11,18,23H,2-3,6H2,(H,24,26). The summed E-state index contributed by atoms with van der Waals surface area (Å²) in [5, 5.41) is 1.74. The van der Waals surface area contributed by atoms with Crippen LogP contribution in [0.3, 0.4) is 0 Å². The molecule has 0 spiro atoms. The fraction of sp³-hybridized carbons (Fsp3) is 0.200. The van der Waals surface area contributed by atoms with Gasteiger partial charge in [-0.1, -0.05) is 23.7 Å². The van der Waals surface area contributed by atoms with Crippen molar-refractivity contribution in [2.75, 3.05) is 0 Å². The molecule has 2 N–H and O–H groups in total. The molecule has 0 radical (unpaired) electrons. The average Bonchev–Trinajstić information content (AvgIpc) is 3.27. The summed E-state index contributed by atoms with van der Waals surface area (Å²) < 4.78 is 2.21. The highest BCUT2D eigenvalue weighted by atomic mass is 35.5. The molecule has 3 aromatic heterocycles. The van der Waals surface area contributed by atoms with Gasteiger partial charge in [-0.15, -0.1) is 0 Å². The van der Waals surface area contributed by atoms with E-state index in [0.717, 1.165) is 46.4 Å². The van der Waals surface area contributed by atoms with Crippen LogP contribution in [0.1, 0.15) is 30.0 Å². The van der Waals surface area contributed by atoms with E-state index in [9.17, 15) is 4.79 Å². The number of hydrogen-bond acceptors (Lipinski definition) is 2. The van der Waals surface area contributed by atoms with Crippen LogP contribution in [0, 0.1) is 0 Å². The lowest BCUT2D eigenvalue weighted by atomic mass is 9.87. The van der Waals surface area contributed by atoms with Crippen molar-refractivity contribution in [3.8, 4) is 11.3 Å². The van der Waals surface area contributed by atoms with E-state index < -0.39 is 0 Å². The van der Waals surface area contributed by atoms with E-state index in [0.29, 0.717) is 0 Å². The topological polar surface area (TPSA) is 66.5 Å². The van der Waals surface area contributed by atoms with Gasteiger partial charge >= 0.3 is 0 Å². The van der Waals surface area contributed by atoms with Crippen molar-refractivity contribution < 1.29 is 0 Å². The predicted octanol–water partition coefficient (Wildman–Crippen LogP) is 4.30. The third-order valence-electron chi connectivity index (χ3n) is 5.28. The second-order valence-corrected chi connectivity index (χ2v) is 7.14. The first-order chi connectivity index (χ1) is 12.7. The molecule has 5 rings (SSSR count). The van der Waals surface area contributed by atoms with Crippen LogP contribution in [0.15, 0.2) is 54.0 Å². The van der Waals surface area contributed by atoms with Gasteiger partial charge in [0.25, 0.3) is 0 Å². The maximum absolute atomic E-state index is 11.8. The van der Waals surface area contributed by atoms with Crippen molar-refractivity contribution >= 4 is 22.5 Å². The molecule has 0 saturated heterocycles. The lowest BCUT2D eigenvalue weighted by Gasteiger charge is -2.28. The maximum Gasteiger partial charge on any atom is 0.248 e. The molecule has 3 heterocycles. The van der Waals surface area contributed by atoms with Crippen LogP contribution in [0.4, 0.5) is 0 Å². The lowest BCUT2D eigenvalue weighted by molar-refractivity contribution is 0.493. The summed E-state index contributed by atoms with van der Waals surface area (Å²) in [4.78, 5) is 22.1. The van der Waals surface area contributed by atoms with Gasteiger partial charge in [0, 0.05) is 34.4 Å². The number of nitrogens with zero attached hydrogens (tertiary/aromatic N) is 2. The smallest absolute Gasteiger partial charge is 0.248 e. The van der Waals surface area contributed by atoms with Crippen LogP contribution in [0.2, 0.25) is 5.02 Å². The first-order valence-electron chi connectivity index (χ1n) is 8.71. The molecule has 1 atom stereocenters. The molecule has 0 saturated carbocycles. The number of hydrogen-bond donors (Lipinski definition) is 2. The highest BCUT2D eigenvalue weighted by Crippen LogP contribution is 2.39. The summed E-state index contributed by atoms with van der Waals surface area (Å²) in [6.07, 6.45) is 10.5. The van der Waals surface area contributed by atoms with Crippen LogP contribution in [0.25, 0.3) is 22.2 Å². The Morgan fingerprint density at radius 1 is 1.23 bits per heavy atom. The van der Waals surface area contributed by atoms with E-state index in [-0.39, 0.29) is 11.6 Å². The Balaban J connectivity index is 1.69. The number of fused-ring (bicyclic) bond motifs is 2. The summed E-state index contributed by atoms with van der Waals surface area (Å²) in [6.45, 7) is 0. The van der Waals surface area contributed by atoms with Crippen LogP contribution in [0.5, 0.6) is 0 Å². The van der Waals surface area contributed by atoms with Gasteiger partial charge in [0.05, 0.1) is 29.8 Å². The molecule has 1 aliphatic rings. The minimum absolute atomic E-state index is 0.112. The van der Waals surface area contributed by atoms with E-state index in [1.807, 2.05) is 30.9 Å². The summed E-state index contributed by atoms with van der Waals surface area (Å²) in [5.74, 6) is 0. The quantitative estimate of drug-likeness (QED) is 0.557. The zero-order chi connectivity index (χ0) is 17.7. The number of benzene rings is 1. The van der Waals surface area contributed by atoms with Gasteiger partial charge in [-0.3, -0.25) is 4.79 Å². The molecule has 0 fully saturated rings. The molecule has 6 heteroatoms. The van der Waals surface area contributed by atoms with Gasteiger partial charge in [-0.25, -0.2) is 4.98 Å². The largest absolute Gasteiger partial charge is 0.359 e. The number of pyridine rings is 1. The van der Waals surface area contributed by atoms with Crippen LogP contribution in [-0.4, -0.2) is 19.5 Å². The summed E-state index contributed by atoms with van der Waals surface area (Å²) in [7, 11) is 0. The molecule has 1 unspecified atom stereocenters. The van der Waals surface area contributed by atoms with Crippen molar-refractivity contribution in [2.24, 2.45) is 0 Å². The van der Waals surface area contributed by atoms with Gasteiger partial charge in [0.1, 0.15) is 0 Å². The molecule has 0 amide bonds. The van der Waals surface area contributed by atoms with Crippen molar-refractivity contribution in [3.05, 3.63) is 75.7 Å². The minimum Gasteiger partial charge on any atom is -0.359 e. The van der Waals surface area contributed by atoms with Gasteiger partial charge in [0.15, 0.2) is 0 Å². The Labute approximate surface area is 154 Å². The van der Waals surface area contributed by atoms with Crippen molar-refractivity contribution in [1.82, 2.24) is 19.5 Å².